The van der Waals surface area contributed by atoms with Crippen molar-refractivity contribution in [3.63, 3.8) is 0 Å². The predicted molar refractivity (Wildman–Crippen MR) is 62.0 cm³/mol. The van der Waals surface area contributed by atoms with Gasteiger partial charge in [0.05, 0.1) is 5.69 Å². The molecule has 15 heavy (non-hydrogen) atoms. The molecule has 0 bridgehead atoms. The SMILES string of the molecule is Cc1ccc(Cl)c(-c2ccnc(C)n2)c1. The molecule has 2 rings (SSSR count). The Balaban J connectivity index is 2.58. The summed E-state index contributed by atoms with van der Waals surface area (Å²) in [5.41, 5.74) is 3.00. The molecule has 0 fully saturated rings. The smallest absolute Gasteiger partial charge is 0.125 e. The summed E-state index contributed by atoms with van der Waals surface area (Å²) >= 11 is 6.12. The molecule has 3 heteroatoms. The van der Waals surface area contributed by atoms with E-state index in [0.29, 0.717) is 0 Å². The Bertz CT molecular complexity index is 495. The largest absolute Gasteiger partial charge is 0.242 e. The molecular formula is C12H11ClN2. The third-order valence-electron chi connectivity index (χ3n) is 2.17. The van der Waals surface area contributed by atoms with E-state index in [-0.39, 0.29) is 0 Å². The van der Waals surface area contributed by atoms with Crippen LogP contribution in [0.15, 0.2) is 30.5 Å². The van der Waals surface area contributed by atoms with Crippen molar-refractivity contribution in [2.45, 2.75) is 13.8 Å². The fourth-order valence-corrected chi connectivity index (χ4v) is 1.66. The summed E-state index contributed by atoms with van der Waals surface area (Å²) in [6.45, 7) is 3.90. The van der Waals surface area contributed by atoms with Crippen LogP contribution in [-0.4, -0.2) is 9.97 Å². The van der Waals surface area contributed by atoms with Crippen molar-refractivity contribution in [2.75, 3.05) is 0 Å². The van der Waals surface area contributed by atoms with Crippen LogP contribution in [0.5, 0.6) is 0 Å². The van der Waals surface area contributed by atoms with Gasteiger partial charge < -0.3 is 0 Å². The zero-order valence-corrected chi connectivity index (χ0v) is 9.42. The van der Waals surface area contributed by atoms with Gasteiger partial charge in [-0.05, 0) is 32.0 Å². The minimum atomic E-state index is 0.721. The van der Waals surface area contributed by atoms with Crippen LogP contribution in [0, 0.1) is 13.8 Å². The third kappa shape index (κ3) is 2.16. The van der Waals surface area contributed by atoms with E-state index in [4.69, 9.17) is 11.6 Å². The summed E-state index contributed by atoms with van der Waals surface area (Å²) in [7, 11) is 0. The van der Waals surface area contributed by atoms with Crippen molar-refractivity contribution >= 4 is 11.6 Å². The minimum Gasteiger partial charge on any atom is -0.242 e. The Kier molecular flexibility index (Phi) is 2.69. The van der Waals surface area contributed by atoms with Crippen LogP contribution in [0.1, 0.15) is 11.4 Å². The Labute approximate surface area is 94.0 Å². The summed E-state index contributed by atoms with van der Waals surface area (Å²) in [5.74, 6) is 0.755. The van der Waals surface area contributed by atoms with E-state index in [2.05, 4.69) is 9.97 Å². The van der Waals surface area contributed by atoms with Gasteiger partial charge in [-0.2, -0.15) is 0 Å². The van der Waals surface area contributed by atoms with Crippen molar-refractivity contribution in [1.29, 1.82) is 0 Å². The van der Waals surface area contributed by atoms with Crippen LogP contribution in [0.25, 0.3) is 11.3 Å². The number of halogens is 1. The number of hydrogen-bond acceptors (Lipinski definition) is 2. The van der Waals surface area contributed by atoms with Gasteiger partial charge in [-0.15, -0.1) is 0 Å². The van der Waals surface area contributed by atoms with E-state index in [1.165, 1.54) is 5.56 Å². The second-order valence-electron chi connectivity index (χ2n) is 3.47. The molecule has 1 aromatic heterocycles. The van der Waals surface area contributed by atoms with Crippen molar-refractivity contribution in [3.8, 4) is 11.3 Å². The Morgan fingerprint density at radius 1 is 1.13 bits per heavy atom. The molecule has 0 radical (unpaired) electrons. The standard InChI is InChI=1S/C12H11ClN2/c1-8-3-4-11(13)10(7-8)12-5-6-14-9(2)15-12/h3-7H,1-2H3. The Morgan fingerprint density at radius 2 is 1.93 bits per heavy atom. The lowest BCUT2D eigenvalue weighted by molar-refractivity contribution is 1.06. The van der Waals surface area contributed by atoms with Gasteiger partial charge in [0.1, 0.15) is 5.82 Å². The monoisotopic (exact) mass is 218 g/mol. The molecule has 0 amide bonds. The third-order valence-corrected chi connectivity index (χ3v) is 2.50. The molecule has 0 N–H and O–H groups in total. The number of aromatic nitrogens is 2. The predicted octanol–water partition coefficient (Wildman–Crippen LogP) is 3.41. The average molecular weight is 219 g/mol. The molecule has 1 heterocycles. The summed E-state index contributed by atoms with van der Waals surface area (Å²) in [6.07, 6.45) is 1.75. The molecule has 0 spiro atoms. The first kappa shape index (κ1) is 10.1. The molecule has 76 valence electrons. The van der Waals surface area contributed by atoms with Crippen molar-refractivity contribution < 1.29 is 0 Å². The lowest BCUT2D eigenvalue weighted by Gasteiger charge is -2.05. The molecule has 1 aromatic carbocycles. The molecular weight excluding hydrogens is 208 g/mol. The summed E-state index contributed by atoms with van der Waals surface area (Å²) < 4.78 is 0. The van der Waals surface area contributed by atoms with E-state index >= 15 is 0 Å². The quantitative estimate of drug-likeness (QED) is 0.733. The fourth-order valence-electron chi connectivity index (χ4n) is 1.44. The van der Waals surface area contributed by atoms with Gasteiger partial charge in [-0.1, -0.05) is 23.2 Å². The maximum absolute atomic E-state index is 6.12. The second-order valence-corrected chi connectivity index (χ2v) is 3.88. The zero-order valence-electron chi connectivity index (χ0n) is 8.66. The van der Waals surface area contributed by atoms with Gasteiger partial charge >= 0.3 is 0 Å². The number of aryl methyl sites for hydroxylation is 2. The van der Waals surface area contributed by atoms with Crippen LogP contribution < -0.4 is 0 Å². The average Bonchev–Trinajstić information content (AvgIpc) is 2.22. The van der Waals surface area contributed by atoms with Gasteiger partial charge in [-0.3, -0.25) is 0 Å². The van der Waals surface area contributed by atoms with Crippen molar-refractivity contribution in [2.24, 2.45) is 0 Å². The molecule has 0 saturated carbocycles. The number of rotatable bonds is 1. The van der Waals surface area contributed by atoms with Crippen LogP contribution in [0.4, 0.5) is 0 Å². The second kappa shape index (κ2) is 3.99. The highest BCUT2D eigenvalue weighted by Gasteiger charge is 2.05. The van der Waals surface area contributed by atoms with Crippen molar-refractivity contribution in [1.82, 2.24) is 9.97 Å². The van der Waals surface area contributed by atoms with E-state index in [0.717, 1.165) is 22.1 Å². The van der Waals surface area contributed by atoms with Crippen LogP contribution in [-0.2, 0) is 0 Å². The molecule has 2 nitrogen and oxygen atoms in total. The minimum absolute atomic E-state index is 0.721. The van der Waals surface area contributed by atoms with E-state index in [1.54, 1.807) is 6.20 Å². The highest BCUT2D eigenvalue weighted by molar-refractivity contribution is 6.33. The molecule has 2 aromatic rings. The highest BCUT2D eigenvalue weighted by atomic mass is 35.5. The first-order valence-electron chi connectivity index (χ1n) is 4.73. The maximum atomic E-state index is 6.12. The van der Waals surface area contributed by atoms with Crippen LogP contribution in [0.2, 0.25) is 5.02 Å². The molecule has 0 atom stereocenters. The fraction of sp³-hybridized carbons (Fsp3) is 0.167. The zero-order chi connectivity index (χ0) is 10.8. The van der Waals surface area contributed by atoms with Crippen LogP contribution >= 0.6 is 11.6 Å². The van der Waals surface area contributed by atoms with Gasteiger partial charge in [0, 0.05) is 16.8 Å². The summed E-state index contributed by atoms with van der Waals surface area (Å²) in [5, 5.41) is 0.721. The molecule has 0 unspecified atom stereocenters. The maximum Gasteiger partial charge on any atom is 0.125 e. The van der Waals surface area contributed by atoms with Gasteiger partial charge in [0.25, 0.3) is 0 Å². The number of hydrogen-bond donors (Lipinski definition) is 0. The van der Waals surface area contributed by atoms with Crippen molar-refractivity contribution in [3.05, 3.63) is 46.9 Å². The normalized spacial score (nSPS) is 10.3. The van der Waals surface area contributed by atoms with E-state index in [1.807, 2.05) is 38.1 Å². The van der Waals surface area contributed by atoms with Gasteiger partial charge in [0.15, 0.2) is 0 Å². The summed E-state index contributed by atoms with van der Waals surface area (Å²) in [4.78, 5) is 8.41. The molecule has 0 saturated heterocycles. The number of benzene rings is 1. The van der Waals surface area contributed by atoms with Gasteiger partial charge in [0.2, 0.25) is 0 Å². The summed E-state index contributed by atoms with van der Waals surface area (Å²) in [6, 6.07) is 7.78. The molecule has 0 aliphatic rings. The Hall–Kier alpha value is -1.41. The molecule has 0 aliphatic carbocycles. The Morgan fingerprint density at radius 3 is 2.67 bits per heavy atom. The highest BCUT2D eigenvalue weighted by Crippen LogP contribution is 2.26. The first-order valence-corrected chi connectivity index (χ1v) is 5.11. The van der Waals surface area contributed by atoms with E-state index < -0.39 is 0 Å². The lowest BCUT2D eigenvalue weighted by atomic mass is 10.1. The lowest BCUT2D eigenvalue weighted by Crippen LogP contribution is -1.90. The topological polar surface area (TPSA) is 25.8 Å². The van der Waals surface area contributed by atoms with Crippen LogP contribution in [0.3, 0.4) is 0 Å². The first-order chi connectivity index (χ1) is 7.16. The number of nitrogens with zero attached hydrogens (tertiary/aromatic N) is 2. The van der Waals surface area contributed by atoms with Gasteiger partial charge in [-0.25, -0.2) is 9.97 Å². The molecule has 0 aliphatic heterocycles. The van der Waals surface area contributed by atoms with E-state index in [9.17, 15) is 0 Å².